The summed E-state index contributed by atoms with van der Waals surface area (Å²) in [6.07, 6.45) is 1.36. The van der Waals surface area contributed by atoms with Crippen LogP contribution in [0.25, 0.3) is 11.0 Å². The minimum Gasteiger partial charge on any atom is -0.493 e. The Balaban J connectivity index is 1.50. The fourth-order valence-corrected chi connectivity index (χ4v) is 3.82. The molecule has 1 aliphatic rings. The molecule has 6 heteroatoms. The summed E-state index contributed by atoms with van der Waals surface area (Å²) in [6.45, 7) is 2.09. The molecule has 1 unspecified atom stereocenters. The minimum absolute atomic E-state index is 0.139. The number of aryl methyl sites for hydroxylation is 1. The summed E-state index contributed by atoms with van der Waals surface area (Å²) in [4.78, 5) is 18.7. The number of likely N-dealkylation sites (N-methyl/N-ethyl adjacent to an activating group) is 1. The van der Waals surface area contributed by atoms with Crippen LogP contribution >= 0.6 is 0 Å². The molecular formula is C22H25N3O3. The summed E-state index contributed by atoms with van der Waals surface area (Å²) in [6, 6.07) is 15.8. The average Bonchev–Trinajstić information content (AvgIpc) is 3.25. The van der Waals surface area contributed by atoms with Gasteiger partial charge in [0, 0.05) is 32.5 Å². The summed E-state index contributed by atoms with van der Waals surface area (Å²) >= 11 is 0. The SMILES string of the molecule is COc1ccccc1OCCCn1c(C2CC(=O)N(C)C2)nc2ccccc21. The number of para-hydroxylation sites is 4. The van der Waals surface area contributed by atoms with Gasteiger partial charge in [-0.2, -0.15) is 0 Å². The molecular weight excluding hydrogens is 354 g/mol. The van der Waals surface area contributed by atoms with Gasteiger partial charge in [-0.3, -0.25) is 4.79 Å². The van der Waals surface area contributed by atoms with E-state index in [1.807, 2.05) is 49.5 Å². The zero-order valence-electron chi connectivity index (χ0n) is 16.3. The second-order valence-corrected chi connectivity index (χ2v) is 7.14. The van der Waals surface area contributed by atoms with E-state index in [4.69, 9.17) is 14.5 Å². The monoisotopic (exact) mass is 379 g/mol. The van der Waals surface area contributed by atoms with Crippen molar-refractivity contribution in [2.45, 2.75) is 25.3 Å². The van der Waals surface area contributed by atoms with E-state index < -0.39 is 0 Å². The molecule has 3 aromatic rings. The highest BCUT2D eigenvalue weighted by atomic mass is 16.5. The molecule has 0 saturated carbocycles. The average molecular weight is 379 g/mol. The molecule has 28 heavy (non-hydrogen) atoms. The molecule has 0 N–H and O–H groups in total. The van der Waals surface area contributed by atoms with Crippen molar-refractivity contribution in [3.8, 4) is 11.5 Å². The molecule has 0 bridgehead atoms. The van der Waals surface area contributed by atoms with E-state index in [1.165, 1.54) is 0 Å². The van der Waals surface area contributed by atoms with Gasteiger partial charge in [-0.25, -0.2) is 4.98 Å². The number of imidazole rings is 1. The van der Waals surface area contributed by atoms with E-state index in [1.54, 1.807) is 12.0 Å². The van der Waals surface area contributed by atoms with E-state index in [0.717, 1.165) is 47.9 Å². The maximum atomic E-state index is 12.0. The van der Waals surface area contributed by atoms with Crippen LogP contribution < -0.4 is 9.47 Å². The van der Waals surface area contributed by atoms with Crippen LogP contribution in [0.15, 0.2) is 48.5 Å². The van der Waals surface area contributed by atoms with Crippen LogP contribution in [0.2, 0.25) is 0 Å². The molecule has 2 aromatic carbocycles. The largest absolute Gasteiger partial charge is 0.493 e. The van der Waals surface area contributed by atoms with E-state index in [0.29, 0.717) is 13.0 Å². The van der Waals surface area contributed by atoms with E-state index in [-0.39, 0.29) is 11.8 Å². The molecule has 4 rings (SSSR count). The van der Waals surface area contributed by atoms with Crippen molar-refractivity contribution in [1.29, 1.82) is 0 Å². The molecule has 2 heterocycles. The fourth-order valence-electron chi connectivity index (χ4n) is 3.82. The van der Waals surface area contributed by atoms with Crippen molar-refractivity contribution in [3.63, 3.8) is 0 Å². The van der Waals surface area contributed by atoms with Crippen LogP contribution in [-0.4, -0.2) is 47.7 Å². The van der Waals surface area contributed by atoms with Crippen LogP contribution in [0.5, 0.6) is 11.5 Å². The Labute approximate surface area is 164 Å². The van der Waals surface area contributed by atoms with E-state index in [9.17, 15) is 4.79 Å². The van der Waals surface area contributed by atoms with Gasteiger partial charge in [0.25, 0.3) is 0 Å². The molecule has 0 aliphatic carbocycles. The van der Waals surface area contributed by atoms with Crippen molar-refractivity contribution in [2.24, 2.45) is 0 Å². The third kappa shape index (κ3) is 3.54. The number of fused-ring (bicyclic) bond motifs is 1. The van der Waals surface area contributed by atoms with Gasteiger partial charge in [-0.05, 0) is 30.7 Å². The Hall–Kier alpha value is -3.02. The van der Waals surface area contributed by atoms with Gasteiger partial charge in [-0.1, -0.05) is 24.3 Å². The zero-order valence-corrected chi connectivity index (χ0v) is 16.3. The number of amides is 1. The predicted molar refractivity (Wildman–Crippen MR) is 108 cm³/mol. The first-order valence-corrected chi connectivity index (χ1v) is 9.62. The number of carbonyl (C=O) groups excluding carboxylic acids is 1. The number of rotatable bonds is 7. The van der Waals surface area contributed by atoms with E-state index in [2.05, 4.69) is 10.6 Å². The number of methoxy groups -OCH3 is 1. The Morgan fingerprint density at radius 3 is 2.61 bits per heavy atom. The molecule has 0 radical (unpaired) electrons. The lowest BCUT2D eigenvalue weighted by Crippen LogP contribution is -2.19. The normalized spacial score (nSPS) is 16.7. The number of hydrogen-bond acceptors (Lipinski definition) is 4. The topological polar surface area (TPSA) is 56.6 Å². The van der Waals surface area contributed by atoms with Crippen molar-refractivity contribution < 1.29 is 14.3 Å². The Kier molecular flexibility index (Phi) is 5.19. The third-order valence-electron chi connectivity index (χ3n) is 5.24. The molecule has 1 aliphatic heterocycles. The number of carbonyl (C=O) groups is 1. The highest BCUT2D eigenvalue weighted by molar-refractivity contribution is 5.80. The number of benzene rings is 2. The lowest BCUT2D eigenvalue weighted by Gasteiger charge is -2.15. The number of hydrogen-bond donors (Lipinski definition) is 0. The molecule has 1 saturated heterocycles. The van der Waals surface area contributed by atoms with Crippen molar-refractivity contribution in [2.75, 3.05) is 27.3 Å². The van der Waals surface area contributed by atoms with Gasteiger partial charge < -0.3 is 18.9 Å². The fraction of sp³-hybridized carbons (Fsp3) is 0.364. The highest BCUT2D eigenvalue weighted by Crippen LogP contribution is 2.30. The molecule has 1 aromatic heterocycles. The van der Waals surface area contributed by atoms with Gasteiger partial charge in [-0.15, -0.1) is 0 Å². The summed E-state index contributed by atoms with van der Waals surface area (Å²) < 4.78 is 13.5. The lowest BCUT2D eigenvalue weighted by atomic mass is 10.1. The van der Waals surface area contributed by atoms with Crippen LogP contribution in [0.1, 0.15) is 24.6 Å². The molecule has 1 atom stereocenters. The summed E-state index contributed by atoms with van der Waals surface area (Å²) in [5.74, 6) is 2.81. The molecule has 6 nitrogen and oxygen atoms in total. The quantitative estimate of drug-likeness (QED) is 0.590. The molecule has 0 spiro atoms. The first kappa shape index (κ1) is 18.3. The first-order valence-electron chi connectivity index (χ1n) is 9.62. The summed E-state index contributed by atoms with van der Waals surface area (Å²) in [5, 5.41) is 0. The van der Waals surface area contributed by atoms with Crippen molar-refractivity contribution in [1.82, 2.24) is 14.5 Å². The highest BCUT2D eigenvalue weighted by Gasteiger charge is 2.31. The summed E-state index contributed by atoms with van der Waals surface area (Å²) in [5.41, 5.74) is 2.09. The Bertz CT molecular complexity index is 982. The number of ether oxygens (including phenoxy) is 2. The predicted octanol–water partition coefficient (Wildman–Crippen LogP) is 3.46. The molecule has 146 valence electrons. The number of likely N-dealkylation sites (tertiary alicyclic amines) is 1. The second kappa shape index (κ2) is 7.92. The van der Waals surface area contributed by atoms with Crippen LogP contribution in [0.3, 0.4) is 0 Å². The second-order valence-electron chi connectivity index (χ2n) is 7.14. The molecule has 1 fully saturated rings. The van der Waals surface area contributed by atoms with Crippen LogP contribution in [0, 0.1) is 0 Å². The van der Waals surface area contributed by atoms with Crippen molar-refractivity contribution >= 4 is 16.9 Å². The number of nitrogens with zero attached hydrogens (tertiary/aromatic N) is 3. The minimum atomic E-state index is 0.139. The summed E-state index contributed by atoms with van der Waals surface area (Å²) in [7, 11) is 3.50. The smallest absolute Gasteiger partial charge is 0.223 e. The zero-order chi connectivity index (χ0) is 19.5. The standard InChI is InChI=1S/C22H25N3O3/c1-24-15-16(14-21(24)26)22-23-17-8-3-4-9-18(17)25(22)12-7-13-28-20-11-6-5-10-19(20)27-2/h3-6,8-11,16H,7,12-15H2,1-2H3. The molecule has 1 amide bonds. The van der Waals surface area contributed by atoms with Crippen LogP contribution in [0.4, 0.5) is 0 Å². The maximum absolute atomic E-state index is 12.0. The lowest BCUT2D eigenvalue weighted by molar-refractivity contribution is -0.126. The van der Waals surface area contributed by atoms with Gasteiger partial charge in [0.05, 0.1) is 24.8 Å². The Morgan fingerprint density at radius 1 is 1.11 bits per heavy atom. The van der Waals surface area contributed by atoms with Gasteiger partial charge in [0.15, 0.2) is 11.5 Å². The third-order valence-corrected chi connectivity index (χ3v) is 5.24. The van der Waals surface area contributed by atoms with Crippen LogP contribution in [-0.2, 0) is 11.3 Å². The van der Waals surface area contributed by atoms with Gasteiger partial charge in [0.2, 0.25) is 5.91 Å². The number of aromatic nitrogens is 2. The first-order chi connectivity index (χ1) is 13.7. The van der Waals surface area contributed by atoms with Gasteiger partial charge >= 0.3 is 0 Å². The van der Waals surface area contributed by atoms with E-state index >= 15 is 0 Å². The van der Waals surface area contributed by atoms with Crippen molar-refractivity contribution in [3.05, 3.63) is 54.4 Å². The Morgan fingerprint density at radius 2 is 1.86 bits per heavy atom. The maximum Gasteiger partial charge on any atom is 0.223 e. The van der Waals surface area contributed by atoms with Gasteiger partial charge in [0.1, 0.15) is 5.82 Å².